The molecule has 0 aliphatic rings. The summed E-state index contributed by atoms with van der Waals surface area (Å²) in [5.74, 6) is 1.26. The average molecular weight is 296 g/mol. The zero-order valence-corrected chi connectivity index (χ0v) is 13.2. The lowest BCUT2D eigenvalue weighted by Gasteiger charge is -2.21. The third kappa shape index (κ3) is 5.84. The van der Waals surface area contributed by atoms with E-state index in [0.29, 0.717) is 6.42 Å². The van der Waals surface area contributed by atoms with Crippen LogP contribution in [0.2, 0.25) is 0 Å². The van der Waals surface area contributed by atoms with Gasteiger partial charge in [0.05, 0.1) is 0 Å². The van der Waals surface area contributed by atoms with Gasteiger partial charge in [-0.15, -0.1) is 0 Å². The molecule has 20 heavy (non-hydrogen) atoms. The fourth-order valence-corrected chi connectivity index (χ4v) is 2.42. The van der Waals surface area contributed by atoms with Crippen LogP contribution in [0.15, 0.2) is 24.3 Å². The van der Waals surface area contributed by atoms with Crippen molar-refractivity contribution in [3.05, 3.63) is 29.8 Å². The Morgan fingerprint density at radius 2 is 1.95 bits per heavy atom. The van der Waals surface area contributed by atoms with E-state index >= 15 is 0 Å². The Balaban J connectivity index is 2.52. The van der Waals surface area contributed by atoms with Crippen molar-refractivity contribution in [3.8, 4) is 0 Å². The predicted octanol–water partition coefficient (Wildman–Crippen LogP) is 3.08. The Hall–Kier alpha value is -1.20. The lowest BCUT2D eigenvalue weighted by Crippen LogP contribution is -2.41. The number of thioether (sulfide) groups is 1. The van der Waals surface area contributed by atoms with Crippen LogP contribution in [0, 0.1) is 5.92 Å². The van der Waals surface area contributed by atoms with Crippen LogP contribution < -0.4 is 10.6 Å². The summed E-state index contributed by atoms with van der Waals surface area (Å²) < 4.78 is 0. The highest BCUT2D eigenvalue weighted by molar-refractivity contribution is 7.97. The van der Waals surface area contributed by atoms with Gasteiger partial charge in [-0.1, -0.05) is 26.0 Å². The number of hydrogen-bond donors (Lipinski definition) is 3. The Labute approximate surface area is 125 Å². The van der Waals surface area contributed by atoms with Gasteiger partial charge in [0.1, 0.15) is 0 Å². The topological polar surface area (TPSA) is 61.4 Å². The lowest BCUT2D eigenvalue weighted by molar-refractivity contribution is 0.227. The van der Waals surface area contributed by atoms with Crippen LogP contribution in [-0.4, -0.2) is 30.0 Å². The minimum Gasteiger partial charge on any atom is -0.396 e. The number of aliphatic hydroxyl groups excluding tert-OH is 1. The Bertz CT molecular complexity index is 407. The average Bonchev–Trinajstić information content (AvgIpc) is 2.40. The van der Waals surface area contributed by atoms with Crippen molar-refractivity contribution in [3.63, 3.8) is 0 Å². The first-order chi connectivity index (χ1) is 9.56. The van der Waals surface area contributed by atoms with Crippen LogP contribution >= 0.6 is 11.8 Å². The molecule has 0 bridgehead atoms. The standard InChI is InChI=1S/C15H24N2O2S/c1-11(2)14(8-9-18)17-15(19)16-13-6-4-12(5-7-13)10-20-3/h4-7,11,14,18H,8-10H2,1-3H3,(H2,16,17,19). The summed E-state index contributed by atoms with van der Waals surface area (Å²) in [6.45, 7) is 4.13. The molecule has 1 atom stereocenters. The molecule has 0 heterocycles. The van der Waals surface area contributed by atoms with Crippen molar-refractivity contribution < 1.29 is 9.90 Å². The normalized spacial score (nSPS) is 12.2. The van der Waals surface area contributed by atoms with E-state index in [4.69, 9.17) is 5.11 Å². The van der Waals surface area contributed by atoms with Gasteiger partial charge in [-0.3, -0.25) is 0 Å². The van der Waals surface area contributed by atoms with E-state index in [1.165, 1.54) is 5.56 Å². The van der Waals surface area contributed by atoms with Crippen LogP contribution in [0.25, 0.3) is 0 Å². The van der Waals surface area contributed by atoms with Crippen LogP contribution in [0.5, 0.6) is 0 Å². The molecule has 1 aromatic carbocycles. The van der Waals surface area contributed by atoms with Crippen molar-refractivity contribution in [1.82, 2.24) is 5.32 Å². The summed E-state index contributed by atoms with van der Waals surface area (Å²) in [7, 11) is 0. The molecule has 1 rings (SSSR count). The number of nitrogens with one attached hydrogen (secondary N) is 2. The highest BCUT2D eigenvalue weighted by Gasteiger charge is 2.15. The minimum absolute atomic E-state index is 0.0178. The SMILES string of the molecule is CSCc1ccc(NC(=O)NC(CCO)C(C)C)cc1. The van der Waals surface area contributed by atoms with E-state index in [-0.39, 0.29) is 24.6 Å². The van der Waals surface area contributed by atoms with Gasteiger partial charge in [0.2, 0.25) is 0 Å². The number of carbonyl (C=O) groups excluding carboxylic acids is 1. The maximum Gasteiger partial charge on any atom is 0.319 e. The zero-order valence-electron chi connectivity index (χ0n) is 12.3. The molecule has 0 fully saturated rings. The fourth-order valence-electron chi connectivity index (χ4n) is 1.90. The molecule has 1 aromatic rings. The molecule has 1 unspecified atom stereocenters. The molecule has 2 amide bonds. The van der Waals surface area contributed by atoms with Crippen molar-refractivity contribution >= 4 is 23.5 Å². The van der Waals surface area contributed by atoms with Crippen molar-refractivity contribution in [2.45, 2.75) is 32.1 Å². The van der Waals surface area contributed by atoms with Crippen LogP contribution in [0.3, 0.4) is 0 Å². The van der Waals surface area contributed by atoms with Gasteiger partial charge in [-0.05, 0) is 36.3 Å². The molecule has 5 heteroatoms. The summed E-state index contributed by atoms with van der Waals surface area (Å²) >= 11 is 1.77. The zero-order chi connectivity index (χ0) is 15.0. The number of carbonyl (C=O) groups is 1. The monoisotopic (exact) mass is 296 g/mol. The maximum absolute atomic E-state index is 11.9. The number of benzene rings is 1. The summed E-state index contributed by atoms with van der Waals surface area (Å²) in [4.78, 5) is 11.9. The molecule has 3 N–H and O–H groups in total. The lowest BCUT2D eigenvalue weighted by atomic mass is 10.0. The second-order valence-electron chi connectivity index (χ2n) is 5.09. The van der Waals surface area contributed by atoms with E-state index in [2.05, 4.69) is 16.9 Å². The first-order valence-corrected chi connectivity index (χ1v) is 8.22. The molecular weight excluding hydrogens is 272 g/mol. The largest absolute Gasteiger partial charge is 0.396 e. The first-order valence-electron chi connectivity index (χ1n) is 6.83. The molecule has 0 radical (unpaired) electrons. The van der Waals surface area contributed by atoms with E-state index in [1.807, 2.05) is 38.1 Å². The second kappa shape index (κ2) is 8.87. The van der Waals surface area contributed by atoms with Crippen LogP contribution in [0.1, 0.15) is 25.8 Å². The molecule has 0 spiro atoms. The van der Waals surface area contributed by atoms with Gasteiger partial charge in [0, 0.05) is 24.1 Å². The first kappa shape index (κ1) is 16.9. The number of rotatable bonds is 7. The Morgan fingerprint density at radius 3 is 2.45 bits per heavy atom. The summed E-state index contributed by atoms with van der Waals surface area (Å²) in [5.41, 5.74) is 2.02. The van der Waals surface area contributed by atoms with Gasteiger partial charge >= 0.3 is 6.03 Å². The molecule has 0 saturated heterocycles. The van der Waals surface area contributed by atoms with E-state index in [0.717, 1.165) is 11.4 Å². The highest BCUT2D eigenvalue weighted by Crippen LogP contribution is 2.14. The van der Waals surface area contributed by atoms with E-state index in [1.54, 1.807) is 11.8 Å². The summed E-state index contributed by atoms with van der Waals surface area (Å²) in [5, 5.41) is 14.7. The van der Waals surface area contributed by atoms with Crippen LogP contribution in [0.4, 0.5) is 10.5 Å². The van der Waals surface area contributed by atoms with E-state index < -0.39 is 0 Å². The smallest absolute Gasteiger partial charge is 0.319 e. The van der Waals surface area contributed by atoms with Gasteiger partial charge in [-0.25, -0.2) is 4.79 Å². The quantitative estimate of drug-likeness (QED) is 0.724. The molecule has 0 aliphatic carbocycles. The Kier molecular flexibility index (Phi) is 7.47. The molecule has 0 saturated carbocycles. The molecule has 4 nitrogen and oxygen atoms in total. The molecule has 112 valence electrons. The van der Waals surface area contributed by atoms with Gasteiger partial charge in [0.15, 0.2) is 0 Å². The Morgan fingerprint density at radius 1 is 1.30 bits per heavy atom. The van der Waals surface area contributed by atoms with Gasteiger partial charge < -0.3 is 15.7 Å². The van der Waals surface area contributed by atoms with Crippen molar-refractivity contribution in [2.24, 2.45) is 5.92 Å². The number of anilines is 1. The maximum atomic E-state index is 11.9. The predicted molar refractivity (Wildman–Crippen MR) is 86.1 cm³/mol. The third-order valence-corrected chi connectivity index (χ3v) is 3.71. The summed E-state index contributed by atoms with van der Waals surface area (Å²) in [6, 6.07) is 7.59. The number of amides is 2. The summed E-state index contributed by atoms with van der Waals surface area (Å²) in [6.07, 6.45) is 2.63. The minimum atomic E-state index is -0.227. The van der Waals surface area contributed by atoms with Crippen LogP contribution in [-0.2, 0) is 5.75 Å². The van der Waals surface area contributed by atoms with Crippen molar-refractivity contribution in [2.75, 3.05) is 18.2 Å². The number of hydrogen-bond acceptors (Lipinski definition) is 3. The number of urea groups is 1. The fraction of sp³-hybridized carbons (Fsp3) is 0.533. The number of aliphatic hydroxyl groups is 1. The van der Waals surface area contributed by atoms with E-state index in [9.17, 15) is 4.79 Å². The second-order valence-corrected chi connectivity index (χ2v) is 5.96. The third-order valence-electron chi connectivity index (χ3n) is 3.08. The molecule has 0 aliphatic heterocycles. The highest BCUT2D eigenvalue weighted by atomic mass is 32.2. The van der Waals surface area contributed by atoms with Crippen molar-refractivity contribution in [1.29, 1.82) is 0 Å². The van der Waals surface area contributed by atoms with Gasteiger partial charge in [0.25, 0.3) is 0 Å². The molecule has 0 aromatic heterocycles. The molecular formula is C15H24N2O2S. The van der Waals surface area contributed by atoms with Gasteiger partial charge in [-0.2, -0.15) is 11.8 Å².